The first-order valence-corrected chi connectivity index (χ1v) is 8.32. The van der Waals surface area contributed by atoms with E-state index in [0.717, 1.165) is 41.2 Å². The monoisotopic (exact) mass is 328 g/mol. The molecule has 1 saturated heterocycles. The number of amides is 1. The average Bonchev–Trinajstić information content (AvgIpc) is 2.90. The first kappa shape index (κ1) is 16.6. The lowest BCUT2D eigenvalue weighted by Crippen LogP contribution is -2.39. The molecular formula is C19H24N2O3. The van der Waals surface area contributed by atoms with Crippen LogP contribution in [0.5, 0.6) is 5.75 Å². The smallest absolute Gasteiger partial charge is 0.253 e. The third-order valence-electron chi connectivity index (χ3n) is 4.54. The van der Waals surface area contributed by atoms with Crippen LogP contribution >= 0.6 is 0 Å². The highest BCUT2D eigenvalue weighted by Crippen LogP contribution is 2.24. The van der Waals surface area contributed by atoms with E-state index in [1.807, 2.05) is 44.2 Å². The molecule has 1 N–H and O–H groups in total. The quantitative estimate of drug-likeness (QED) is 0.939. The molecule has 128 valence electrons. The number of nitrogens with one attached hydrogen (secondary N) is 1. The van der Waals surface area contributed by atoms with Crippen LogP contribution in [0.1, 0.15) is 34.6 Å². The molecule has 0 spiro atoms. The molecule has 0 unspecified atom stereocenters. The fourth-order valence-corrected chi connectivity index (χ4v) is 3.24. The molecule has 5 heteroatoms. The largest absolute Gasteiger partial charge is 0.497 e. The fourth-order valence-electron chi connectivity index (χ4n) is 3.24. The molecule has 0 aliphatic carbocycles. The molecule has 2 aromatic rings. The number of carbonyl (C=O) groups excluding carboxylic acids is 1. The molecule has 1 aromatic carbocycles. The summed E-state index contributed by atoms with van der Waals surface area (Å²) in [7, 11) is 1.65. The number of aryl methyl sites for hydroxylation is 1. The van der Waals surface area contributed by atoms with E-state index >= 15 is 0 Å². The molecule has 1 aliphatic rings. The molecule has 0 saturated carbocycles. The van der Waals surface area contributed by atoms with Gasteiger partial charge in [-0.2, -0.15) is 0 Å². The van der Waals surface area contributed by atoms with Gasteiger partial charge in [-0.1, -0.05) is 6.07 Å². The van der Waals surface area contributed by atoms with Crippen LogP contribution < -0.4 is 10.1 Å². The number of methoxy groups -OCH3 is 1. The van der Waals surface area contributed by atoms with Crippen LogP contribution in [0.3, 0.4) is 0 Å². The van der Waals surface area contributed by atoms with Gasteiger partial charge in [0.25, 0.3) is 5.91 Å². The second kappa shape index (κ2) is 7.09. The SMILES string of the molecule is COc1cccc(-n2c(C)cc(C(=O)NC3CCOCC3)c2C)c1. The van der Waals surface area contributed by atoms with Crippen LogP contribution in [0.15, 0.2) is 30.3 Å². The highest BCUT2D eigenvalue weighted by atomic mass is 16.5. The molecule has 1 amide bonds. The van der Waals surface area contributed by atoms with Crippen molar-refractivity contribution in [2.24, 2.45) is 0 Å². The summed E-state index contributed by atoms with van der Waals surface area (Å²) in [6, 6.07) is 10.0. The summed E-state index contributed by atoms with van der Waals surface area (Å²) in [5.74, 6) is 0.789. The minimum Gasteiger partial charge on any atom is -0.497 e. The van der Waals surface area contributed by atoms with Crippen molar-refractivity contribution in [2.75, 3.05) is 20.3 Å². The number of hydrogen-bond acceptors (Lipinski definition) is 3. The second-order valence-electron chi connectivity index (χ2n) is 6.18. The standard InChI is InChI=1S/C19H24N2O3/c1-13-11-18(19(22)20-15-7-9-24-10-8-15)14(2)21(13)16-5-4-6-17(12-16)23-3/h4-6,11-12,15H,7-10H2,1-3H3,(H,20,22). The third kappa shape index (κ3) is 3.31. The van der Waals surface area contributed by atoms with E-state index in [1.165, 1.54) is 0 Å². The van der Waals surface area contributed by atoms with Gasteiger partial charge in [0.05, 0.1) is 12.7 Å². The molecule has 5 nitrogen and oxygen atoms in total. The summed E-state index contributed by atoms with van der Waals surface area (Å²) in [4.78, 5) is 12.7. The Balaban J connectivity index is 1.86. The van der Waals surface area contributed by atoms with Crippen molar-refractivity contribution in [1.82, 2.24) is 9.88 Å². The molecule has 0 atom stereocenters. The minimum atomic E-state index is -0.0100. The Bertz CT molecular complexity index is 730. The van der Waals surface area contributed by atoms with E-state index in [1.54, 1.807) is 7.11 Å². The molecule has 1 aliphatic heterocycles. The van der Waals surface area contributed by atoms with Gasteiger partial charge in [0, 0.05) is 42.4 Å². The summed E-state index contributed by atoms with van der Waals surface area (Å²) < 4.78 is 12.7. The van der Waals surface area contributed by atoms with Crippen LogP contribution in [-0.2, 0) is 4.74 Å². The molecule has 1 aromatic heterocycles. The predicted molar refractivity (Wildman–Crippen MR) is 93.1 cm³/mol. The number of aromatic nitrogens is 1. The average molecular weight is 328 g/mol. The zero-order valence-electron chi connectivity index (χ0n) is 14.5. The number of ether oxygens (including phenoxy) is 2. The van der Waals surface area contributed by atoms with E-state index < -0.39 is 0 Å². The summed E-state index contributed by atoms with van der Waals surface area (Å²) in [5, 5.41) is 3.13. The minimum absolute atomic E-state index is 0.0100. The molecule has 24 heavy (non-hydrogen) atoms. The molecule has 3 rings (SSSR count). The van der Waals surface area contributed by atoms with Crippen LogP contribution in [0, 0.1) is 13.8 Å². The van der Waals surface area contributed by atoms with Crippen molar-refractivity contribution < 1.29 is 14.3 Å². The van der Waals surface area contributed by atoms with Crippen molar-refractivity contribution >= 4 is 5.91 Å². The number of hydrogen-bond donors (Lipinski definition) is 1. The molecule has 0 radical (unpaired) electrons. The van der Waals surface area contributed by atoms with Gasteiger partial charge in [-0.15, -0.1) is 0 Å². The molecule has 2 heterocycles. The highest BCUT2D eigenvalue weighted by molar-refractivity contribution is 5.96. The van der Waals surface area contributed by atoms with E-state index in [9.17, 15) is 4.79 Å². The number of benzene rings is 1. The normalized spacial score (nSPS) is 15.3. The van der Waals surface area contributed by atoms with Gasteiger partial charge in [0.2, 0.25) is 0 Å². The Morgan fingerprint density at radius 2 is 2.00 bits per heavy atom. The summed E-state index contributed by atoms with van der Waals surface area (Å²) in [6.45, 7) is 5.42. The van der Waals surface area contributed by atoms with Crippen molar-refractivity contribution in [3.63, 3.8) is 0 Å². The summed E-state index contributed by atoms with van der Waals surface area (Å²) >= 11 is 0. The van der Waals surface area contributed by atoms with Crippen LogP contribution in [0.4, 0.5) is 0 Å². The van der Waals surface area contributed by atoms with Gasteiger partial charge >= 0.3 is 0 Å². The topological polar surface area (TPSA) is 52.5 Å². The summed E-state index contributed by atoms with van der Waals surface area (Å²) in [6.07, 6.45) is 1.75. The lowest BCUT2D eigenvalue weighted by molar-refractivity contribution is 0.0696. The van der Waals surface area contributed by atoms with Gasteiger partial charge < -0.3 is 19.4 Å². The van der Waals surface area contributed by atoms with Gasteiger partial charge in [-0.3, -0.25) is 4.79 Å². The maximum atomic E-state index is 12.7. The second-order valence-corrected chi connectivity index (χ2v) is 6.18. The lowest BCUT2D eigenvalue weighted by atomic mass is 10.1. The first-order valence-electron chi connectivity index (χ1n) is 8.32. The molecular weight excluding hydrogens is 304 g/mol. The Labute approximate surface area is 142 Å². The molecule has 0 bridgehead atoms. The van der Waals surface area contributed by atoms with E-state index in [0.29, 0.717) is 13.2 Å². The Hall–Kier alpha value is -2.27. The van der Waals surface area contributed by atoms with Gasteiger partial charge in [-0.25, -0.2) is 0 Å². The Morgan fingerprint density at radius 3 is 2.71 bits per heavy atom. The van der Waals surface area contributed by atoms with Crippen molar-refractivity contribution in [3.05, 3.63) is 47.3 Å². The van der Waals surface area contributed by atoms with Gasteiger partial charge in [0.15, 0.2) is 0 Å². The maximum Gasteiger partial charge on any atom is 0.253 e. The highest BCUT2D eigenvalue weighted by Gasteiger charge is 2.21. The fraction of sp³-hybridized carbons (Fsp3) is 0.421. The van der Waals surface area contributed by atoms with Crippen LogP contribution in [0.2, 0.25) is 0 Å². The Kier molecular flexibility index (Phi) is 4.90. The van der Waals surface area contributed by atoms with Crippen LogP contribution in [-0.4, -0.2) is 36.8 Å². The van der Waals surface area contributed by atoms with Gasteiger partial charge in [0.1, 0.15) is 5.75 Å². The maximum absolute atomic E-state index is 12.7. The summed E-state index contributed by atoms with van der Waals surface area (Å²) in [5.41, 5.74) is 3.68. The zero-order chi connectivity index (χ0) is 17.1. The van der Waals surface area contributed by atoms with Crippen molar-refractivity contribution in [1.29, 1.82) is 0 Å². The molecule has 1 fully saturated rings. The van der Waals surface area contributed by atoms with E-state index in [4.69, 9.17) is 9.47 Å². The number of rotatable bonds is 4. The Morgan fingerprint density at radius 1 is 1.25 bits per heavy atom. The zero-order valence-corrected chi connectivity index (χ0v) is 14.5. The predicted octanol–water partition coefficient (Wildman–Crippen LogP) is 3.01. The van der Waals surface area contributed by atoms with E-state index in [-0.39, 0.29) is 11.9 Å². The van der Waals surface area contributed by atoms with E-state index in [2.05, 4.69) is 9.88 Å². The van der Waals surface area contributed by atoms with Crippen molar-refractivity contribution in [3.8, 4) is 11.4 Å². The third-order valence-corrected chi connectivity index (χ3v) is 4.54. The first-order chi connectivity index (χ1) is 11.6. The number of nitrogens with zero attached hydrogens (tertiary/aromatic N) is 1. The van der Waals surface area contributed by atoms with Gasteiger partial charge in [-0.05, 0) is 44.9 Å². The van der Waals surface area contributed by atoms with Crippen LogP contribution in [0.25, 0.3) is 5.69 Å². The number of carbonyl (C=O) groups is 1. The van der Waals surface area contributed by atoms with Crippen molar-refractivity contribution in [2.45, 2.75) is 32.7 Å². The lowest BCUT2D eigenvalue weighted by Gasteiger charge is -2.23.